The molecule has 1 aromatic heterocycles. The van der Waals surface area contributed by atoms with E-state index in [2.05, 4.69) is 47.2 Å². The van der Waals surface area contributed by atoms with E-state index in [-0.39, 0.29) is 18.0 Å². The van der Waals surface area contributed by atoms with Crippen molar-refractivity contribution in [2.75, 3.05) is 0 Å². The predicted molar refractivity (Wildman–Crippen MR) is 81.5 cm³/mol. The molecule has 0 saturated heterocycles. The summed E-state index contributed by atoms with van der Waals surface area (Å²) in [5, 5.41) is 7.30. The number of nitrogens with zero attached hydrogens (tertiary/aromatic N) is 1. The molecule has 0 unspecified atom stereocenters. The second-order valence-electron chi connectivity index (χ2n) is 5.75. The number of hydrogen-bond donors (Lipinski definition) is 1. The predicted octanol–water partition coefficient (Wildman–Crippen LogP) is 4.04. The fraction of sp³-hybridized carbons (Fsp3) is 0.400. The second-order valence-corrected chi connectivity index (χ2v) is 6.61. The van der Waals surface area contributed by atoms with Gasteiger partial charge in [0.05, 0.1) is 10.2 Å². The minimum atomic E-state index is -0.322. The third kappa shape index (κ3) is 5.13. The molecule has 1 aromatic carbocycles. The summed E-state index contributed by atoms with van der Waals surface area (Å²) in [5.74, 6) is 0.868. The standard InChI is InChI=1S/C15H18BrFN2O2/c1-15(2,3)18-8-10-6-12(21-19-10)9-20-11-4-5-14(17)13(16)7-11/h4-7,18H,8-9H2,1-3H3. The minimum absolute atomic E-state index is 0.0238. The lowest BCUT2D eigenvalue weighted by molar-refractivity contribution is 0.247. The molecule has 6 heteroatoms. The maximum Gasteiger partial charge on any atom is 0.174 e. The van der Waals surface area contributed by atoms with Gasteiger partial charge in [-0.15, -0.1) is 0 Å². The molecule has 0 aliphatic carbocycles. The SMILES string of the molecule is CC(C)(C)NCc1cc(COc2ccc(F)c(Br)c2)on1. The smallest absolute Gasteiger partial charge is 0.174 e. The molecule has 2 rings (SSSR count). The van der Waals surface area contributed by atoms with Gasteiger partial charge in [0.25, 0.3) is 0 Å². The van der Waals surface area contributed by atoms with Crippen LogP contribution in [0.5, 0.6) is 5.75 Å². The summed E-state index contributed by atoms with van der Waals surface area (Å²) in [5.41, 5.74) is 0.847. The van der Waals surface area contributed by atoms with Crippen molar-refractivity contribution in [3.8, 4) is 5.75 Å². The summed E-state index contributed by atoms with van der Waals surface area (Å²) >= 11 is 3.12. The van der Waals surface area contributed by atoms with Gasteiger partial charge in [-0.05, 0) is 54.9 Å². The molecule has 1 heterocycles. The Morgan fingerprint density at radius 1 is 1.33 bits per heavy atom. The first-order valence-electron chi connectivity index (χ1n) is 6.61. The fourth-order valence-corrected chi connectivity index (χ4v) is 1.94. The van der Waals surface area contributed by atoms with Crippen LogP contribution in [0.2, 0.25) is 0 Å². The number of benzene rings is 1. The largest absolute Gasteiger partial charge is 0.486 e. The van der Waals surface area contributed by atoms with E-state index in [1.807, 2.05) is 6.07 Å². The van der Waals surface area contributed by atoms with Crippen LogP contribution in [0.4, 0.5) is 4.39 Å². The van der Waals surface area contributed by atoms with E-state index in [0.29, 0.717) is 22.5 Å². The maximum atomic E-state index is 13.1. The van der Waals surface area contributed by atoms with Gasteiger partial charge in [-0.2, -0.15) is 0 Å². The topological polar surface area (TPSA) is 47.3 Å². The Hall–Kier alpha value is -1.40. The van der Waals surface area contributed by atoms with E-state index in [1.54, 1.807) is 12.1 Å². The highest BCUT2D eigenvalue weighted by Gasteiger charge is 2.11. The van der Waals surface area contributed by atoms with Crippen LogP contribution in [-0.4, -0.2) is 10.7 Å². The Labute approximate surface area is 131 Å². The second kappa shape index (κ2) is 6.58. The normalized spacial score (nSPS) is 11.7. The Bertz CT molecular complexity index is 608. The molecule has 0 saturated carbocycles. The van der Waals surface area contributed by atoms with Gasteiger partial charge >= 0.3 is 0 Å². The summed E-state index contributed by atoms with van der Waals surface area (Å²) < 4.78 is 24.2. The molecule has 21 heavy (non-hydrogen) atoms. The molecular weight excluding hydrogens is 339 g/mol. The average Bonchev–Trinajstić information content (AvgIpc) is 2.85. The number of hydrogen-bond acceptors (Lipinski definition) is 4. The Morgan fingerprint density at radius 3 is 2.76 bits per heavy atom. The Kier molecular flexibility index (Phi) is 5.00. The minimum Gasteiger partial charge on any atom is -0.486 e. The molecule has 0 amide bonds. The van der Waals surface area contributed by atoms with Crippen molar-refractivity contribution in [1.29, 1.82) is 0 Å². The van der Waals surface area contributed by atoms with Crippen LogP contribution in [-0.2, 0) is 13.2 Å². The van der Waals surface area contributed by atoms with Crippen LogP contribution in [0.25, 0.3) is 0 Å². The van der Waals surface area contributed by atoms with E-state index in [0.717, 1.165) is 5.69 Å². The highest BCUT2D eigenvalue weighted by atomic mass is 79.9. The summed E-state index contributed by atoms with van der Waals surface area (Å²) in [7, 11) is 0. The number of rotatable bonds is 5. The molecular formula is C15H18BrFN2O2. The zero-order chi connectivity index (χ0) is 15.5. The summed E-state index contributed by atoms with van der Waals surface area (Å²) in [6.07, 6.45) is 0. The maximum absolute atomic E-state index is 13.1. The van der Waals surface area contributed by atoms with Gasteiger partial charge in [0.2, 0.25) is 0 Å². The van der Waals surface area contributed by atoms with Gasteiger partial charge in [0.1, 0.15) is 18.2 Å². The van der Waals surface area contributed by atoms with Crippen molar-refractivity contribution in [1.82, 2.24) is 10.5 Å². The molecule has 0 bridgehead atoms. The van der Waals surface area contributed by atoms with Gasteiger partial charge in [0, 0.05) is 18.2 Å². The van der Waals surface area contributed by atoms with Crippen LogP contribution in [0, 0.1) is 5.82 Å². The van der Waals surface area contributed by atoms with Gasteiger partial charge in [-0.25, -0.2) is 4.39 Å². The zero-order valence-electron chi connectivity index (χ0n) is 12.2. The van der Waals surface area contributed by atoms with Crippen molar-refractivity contribution >= 4 is 15.9 Å². The van der Waals surface area contributed by atoms with E-state index in [1.165, 1.54) is 6.07 Å². The number of aromatic nitrogens is 1. The lowest BCUT2D eigenvalue weighted by atomic mass is 10.1. The third-order valence-corrected chi connectivity index (χ3v) is 3.29. The summed E-state index contributed by atoms with van der Waals surface area (Å²) in [4.78, 5) is 0. The first-order chi connectivity index (χ1) is 9.83. The highest BCUT2D eigenvalue weighted by molar-refractivity contribution is 9.10. The molecule has 0 spiro atoms. The average molecular weight is 357 g/mol. The molecule has 1 N–H and O–H groups in total. The van der Waals surface area contributed by atoms with Crippen molar-refractivity contribution in [2.45, 2.75) is 39.5 Å². The van der Waals surface area contributed by atoms with E-state index < -0.39 is 0 Å². The summed E-state index contributed by atoms with van der Waals surface area (Å²) in [6.45, 7) is 7.15. The van der Waals surface area contributed by atoms with Crippen molar-refractivity contribution in [3.05, 3.63) is 46.0 Å². The molecule has 0 fully saturated rings. The molecule has 114 valence electrons. The number of ether oxygens (including phenoxy) is 1. The zero-order valence-corrected chi connectivity index (χ0v) is 13.8. The lowest BCUT2D eigenvalue weighted by Gasteiger charge is -2.19. The molecule has 4 nitrogen and oxygen atoms in total. The van der Waals surface area contributed by atoms with Crippen molar-refractivity contribution in [2.24, 2.45) is 0 Å². The van der Waals surface area contributed by atoms with E-state index in [4.69, 9.17) is 9.26 Å². The van der Waals surface area contributed by atoms with Crippen molar-refractivity contribution in [3.63, 3.8) is 0 Å². The number of halogens is 2. The lowest BCUT2D eigenvalue weighted by Crippen LogP contribution is -2.35. The molecule has 2 aromatic rings. The Morgan fingerprint density at radius 2 is 2.10 bits per heavy atom. The van der Waals surface area contributed by atoms with Gasteiger partial charge < -0.3 is 14.6 Å². The Balaban J connectivity index is 1.89. The van der Waals surface area contributed by atoms with E-state index >= 15 is 0 Å². The molecule has 0 radical (unpaired) electrons. The third-order valence-electron chi connectivity index (χ3n) is 2.68. The van der Waals surface area contributed by atoms with E-state index in [9.17, 15) is 4.39 Å². The number of nitrogens with one attached hydrogen (secondary N) is 1. The van der Waals surface area contributed by atoms with Crippen LogP contribution < -0.4 is 10.1 Å². The summed E-state index contributed by atoms with van der Waals surface area (Å²) in [6, 6.07) is 6.34. The van der Waals surface area contributed by atoms with Crippen LogP contribution in [0.1, 0.15) is 32.2 Å². The van der Waals surface area contributed by atoms with Crippen LogP contribution in [0.15, 0.2) is 33.3 Å². The first-order valence-corrected chi connectivity index (χ1v) is 7.40. The van der Waals surface area contributed by atoms with Gasteiger partial charge in [-0.3, -0.25) is 0 Å². The quantitative estimate of drug-likeness (QED) is 0.877. The molecule has 0 atom stereocenters. The van der Waals surface area contributed by atoms with Crippen LogP contribution >= 0.6 is 15.9 Å². The first kappa shape index (κ1) is 16.0. The molecule has 0 aliphatic heterocycles. The monoisotopic (exact) mass is 356 g/mol. The van der Waals surface area contributed by atoms with Crippen LogP contribution in [0.3, 0.4) is 0 Å². The van der Waals surface area contributed by atoms with Gasteiger partial charge in [-0.1, -0.05) is 5.16 Å². The van der Waals surface area contributed by atoms with Gasteiger partial charge in [0.15, 0.2) is 5.76 Å². The molecule has 0 aliphatic rings. The van der Waals surface area contributed by atoms with Crippen molar-refractivity contribution < 1.29 is 13.7 Å². The highest BCUT2D eigenvalue weighted by Crippen LogP contribution is 2.22. The fourth-order valence-electron chi connectivity index (χ4n) is 1.58.